The minimum atomic E-state index is -3.27. The first kappa shape index (κ1) is 15.4. The Morgan fingerprint density at radius 1 is 1.09 bits per heavy atom. The molecule has 0 atom stereocenters. The summed E-state index contributed by atoms with van der Waals surface area (Å²) in [5.74, 6) is -0.0929. The van der Waals surface area contributed by atoms with E-state index in [0.717, 1.165) is 11.8 Å². The highest BCUT2D eigenvalue weighted by molar-refractivity contribution is 7.90. The molecular formula is C16H13FN2O3S. The van der Waals surface area contributed by atoms with Gasteiger partial charge in [0.1, 0.15) is 5.82 Å². The van der Waals surface area contributed by atoms with Crippen LogP contribution in [0, 0.1) is 12.7 Å². The number of hydrogen-bond acceptors (Lipinski definition) is 5. The zero-order valence-electron chi connectivity index (χ0n) is 12.4. The fourth-order valence-electron chi connectivity index (χ4n) is 2.11. The second-order valence-electron chi connectivity index (χ2n) is 5.20. The van der Waals surface area contributed by atoms with Crippen LogP contribution in [-0.4, -0.2) is 24.8 Å². The molecular weight excluding hydrogens is 319 g/mol. The average Bonchev–Trinajstić information content (AvgIpc) is 2.99. The molecule has 118 valence electrons. The van der Waals surface area contributed by atoms with Gasteiger partial charge in [0, 0.05) is 11.8 Å². The molecule has 1 heterocycles. The molecule has 1 aromatic heterocycles. The van der Waals surface area contributed by atoms with Crippen molar-refractivity contribution in [1.29, 1.82) is 0 Å². The van der Waals surface area contributed by atoms with Gasteiger partial charge in [0.15, 0.2) is 9.84 Å². The first-order chi connectivity index (χ1) is 10.8. The minimum absolute atomic E-state index is 0.147. The van der Waals surface area contributed by atoms with E-state index in [1.165, 1.54) is 18.2 Å². The van der Waals surface area contributed by atoms with Crippen molar-refractivity contribution in [2.24, 2.45) is 0 Å². The van der Waals surface area contributed by atoms with Crippen LogP contribution in [0.3, 0.4) is 0 Å². The summed E-state index contributed by atoms with van der Waals surface area (Å²) in [6.07, 6.45) is 1.13. The van der Waals surface area contributed by atoms with E-state index in [1.807, 2.05) is 6.92 Å². The monoisotopic (exact) mass is 332 g/mol. The molecule has 0 aliphatic rings. The van der Waals surface area contributed by atoms with Gasteiger partial charge < -0.3 is 4.52 Å². The SMILES string of the molecule is Cc1ccc(F)c(-c2noc(-c3ccc(S(C)(=O)=O)cc3)n2)c1. The molecule has 0 saturated carbocycles. The van der Waals surface area contributed by atoms with Gasteiger partial charge in [0.2, 0.25) is 5.82 Å². The molecule has 0 unspecified atom stereocenters. The van der Waals surface area contributed by atoms with Crippen molar-refractivity contribution >= 4 is 9.84 Å². The maximum Gasteiger partial charge on any atom is 0.258 e. The topological polar surface area (TPSA) is 73.1 Å². The summed E-state index contributed by atoms with van der Waals surface area (Å²) < 4.78 is 41.9. The predicted octanol–water partition coefficient (Wildman–Crippen LogP) is 3.25. The van der Waals surface area contributed by atoms with Gasteiger partial charge in [-0.1, -0.05) is 16.8 Å². The maximum absolute atomic E-state index is 13.9. The number of aryl methyl sites for hydroxylation is 1. The molecule has 5 nitrogen and oxygen atoms in total. The fourth-order valence-corrected chi connectivity index (χ4v) is 2.74. The lowest BCUT2D eigenvalue weighted by molar-refractivity contribution is 0.432. The third-order valence-electron chi connectivity index (χ3n) is 3.32. The number of benzene rings is 2. The standard InChI is InChI=1S/C16H13FN2O3S/c1-10-3-8-14(17)13(9-10)15-18-16(22-19-15)11-4-6-12(7-5-11)23(2,20)21/h3-9H,1-2H3. The number of rotatable bonds is 3. The van der Waals surface area contributed by atoms with E-state index in [9.17, 15) is 12.8 Å². The highest BCUT2D eigenvalue weighted by Crippen LogP contribution is 2.25. The van der Waals surface area contributed by atoms with E-state index >= 15 is 0 Å². The van der Waals surface area contributed by atoms with Gasteiger partial charge >= 0.3 is 0 Å². The molecule has 3 aromatic rings. The van der Waals surface area contributed by atoms with Crippen molar-refractivity contribution in [3.8, 4) is 22.8 Å². The van der Waals surface area contributed by atoms with E-state index in [4.69, 9.17) is 4.52 Å². The maximum atomic E-state index is 13.9. The minimum Gasteiger partial charge on any atom is -0.334 e. The van der Waals surface area contributed by atoms with Crippen LogP contribution in [0.4, 0.5) is 4.39 Å². The van der Waals surface area contributed by atoms with Crippen LogP contribution in [0.25, 0.3) is 22.8 Å². The lowest BCUT2D eigenvalue weighted by Gasteiger charge is -1.99. The first-order valence-corrected chi connectivity index (χ1v) is 8.64. The predicted molar refractivity (Wildman–Crippen MR) is 83.0 cm³/mol. The summed E-state index contributed by atoms with van der Waals surface area (Å²) >= 11 is 0. The molecule has 0 radical (unpaired) electrons. The summed E-state index contributed by atoms with van der Waals surface area (Å²) in [6.45, 7) is 1.84. The van der Waals surface area contributed by atoms with Crippen LogP contribution in [-0.2, 0) is 9.84 Å². The van der Waals surface area contributed by atoms with Crippen molar-refractivity contribution < 1.29 is 17.3 Å². The third-order valence-corrected chi connectivity index (χ3v) is 4.45. The molecule has 0 N–H and O–H groups in total. The highest BCUT2D eigenvalue weighted by Gasteiger charge is 2.15. The van der Waals surface area contributed by atoms with Crippen LogP contribution >= 0.6 is 0 Å². The molecule has 2 aromatic carbocycles. The number of hydrogen-bond donors (Lipinski definition) is 0. The summed E-state index contributed by atoms with van der Waals surface area (Å²) in [4.78, 5) is 4.38. The largest absolute Gasteiger partial charge is 0.334 e. The van der Waals surface area contributed by atoms with E-state index in [-0.39, 0.29) is 22.2 Å². The van der Waals surface area contributed by atoms with Crippen LogP contribution in [0.2, 0.25) is 0 Å². The quantitative estimate of drug-likeness (QED) is 0.736. The Hall–Kier alpha value is -2.54. The van der Waals surface area contributed by atoms with Crippen LogP contribution in [0.5, 0.6) is 0 Å². The molecule has 0 saturated heterocycles. The second kappa shape index (κ2) is 5.58. The molecule has 0 aliphatic heterocycles. The third kappa shape index (κ3) is 3.14. The van der Waals surface area contributed by atoms with E-state index in [1.54, 1.807) is 24.3 Å². The summed E-state index contributed by atoms with van der Waals surface area (Å²) in [7, 11) is -3.27. The van der Waals surface area contributed by atoms with Gasteiger partial charge in [-0.25, -0.2) is 12.8 Å². The highest BCUT2D eigenvalue weighted by atomic mass is 32.2. The Bertz CT molecular complexity index is 963. The van der Waals surface area contributed by atoms with Gasteiger partial charge in [-0.2, -0.15) is 4.98 Å². The number of sulfone groups is 1. The van der Waals surface area contributed by atoms with Gasteiger partial charge in [-0.3, -0.25) is 0 Å². The molecule has 3 rings (SSSR count). The fraction of sp³-hybridized carbons (Fsp3) is 0.125. The summed E-state index contributed by atoms with van der Waals surface area (Å²) in [5.41, 5.74) is 1.70. The Morgan fingerprint density at radius 3 is 2.43 bits per heavy atom. The molecule has 0 amide bonds. The van der Waals surface area contributed by atoms with Gasteiger partial charge in [-0.05, 0) is 43.3 Å². The van der Waals surface area contributed by atoms with E-state index in [0.29, 0.717) is 5.56 Å². The van der Waals surface area contributed by atoms with Crippen molar-refractivity contribution in [3.05, 3.63) is 53.8 Å². The van der Waals surface area contributed by atoms with E-state index in [2.05, 4.69) is 10.1 Å². The van der Waals surface area contributed by atoms with Crippen molar-refractivity contribution in [3.63, 3.8) is 0 Å². The van der Waals surface area contributed by atoms with Gasteiger partial charge in [-0.15, -0.1) is 0 Å². The second-order valence-corrected chi connectivity index (χ2v) is 7.22. The summed E-state index contributed by atoms with van der Waals surface area (Å²) in [6, 6.07) is 10.7. The van der Waals surface area contributed by atoms with Crippen LogP contribution < -0.4 is 0 Å². The van der Waals surface area contributed by atoms with Gasteiger partial charge in [0.25, 0.3) is 5.89 Å². The Kier molecular flexibility index (Phi) is 3.73. The molecule has 23 heavy (non-hydrogen) atoms. The summed E-state index contributed by atoms with van der Waals surface area (Å²) in [5, 5.41) is 3.79. The van der Waals surface area contributed by atoms with Crippen molar-refractivity contribution in [2.45, 2.75) is 11.8 Å². The molecule has 0 spiro atoms. The van der Waals surface area contributed by atoms with Crippen LogP contribution in [0.15, 0.2) is 51.9 Å². The van der Waals surface area contributed by atoms with E-state index < -0.39 is 15.7 Å². The zero-order chi connectivity index (χ0) is 16.6. The van der Waals surface area contributed by atoms with Crippen molar-refractivity contribution in [1.82, 2.24) is 10.1 Å². The van der Waals surface area contributed by atoms with Crippen molar-refractivity contribution in [2.75, 3.05) is 6.26 Å². The Labute approximate surface area is 132 Å². The lowest BCUT2D eigenvalue weighted by atomic mass is 10.1. The molecule has 0 bridgehead atoms. The normalized spacial score (nSPS) is 11.6. The molecule has 0 aliphatic carbocycles. The molecule has 7 heteroatoms. The smallest absolute Gasteiger partial charge is 0.258 e. The first-order valence-electron chi connectivity index (χ1n) is 6.75. The Morgan fingerprint density at radius 2 is 1.78 bits per heavy atom. The van der Waals surface area contributed by atoms with Gasteiger partial charge in [0.05, 0.1) is 10.5 Å². The zero-order valence-corrected chi connectivity index (χ0v) is 13.3. The number of nitrogens with zero attached hydrogens (tertiary/aromatic N) is 2. The van der Waals surface area contributed by atoms with Crippen LogP contribution in [0.1, 0.15) is 5.56 Å². The molecule has 0 fully saturated rings. The Balaban J connectivity index is 1.97. The lowest BCUT2D eigenvalue weighted by Crippen LogP contribution is -1.96. The average molecular weight is 332 g/mol. The number of halogens is 1. The number of aromatic nitrogens is 2.